The third-order valence-corrected chi connectivity index (χ3v) is 4.71. The maximum Gasteiger partial charge on any atom is 0.255 e. The summed E-state index contributed by atoms with van der Waals surface area (Å²) in [6, 6.07) is 13.6. The van der Waals surface area contributed by atoms with Crippen LogP contribution in [0.3, 0.4) is 0 Å². The van der Waals surface area contributed by atoms with Crippen LogP contribution in [-0.2, 0) is 17.7 Å². The molecule has 4 rings (SSSR count). The summed E-state index contributed by atoms with van der Waals surface area (Å²) in [7, 11) is 0. The Morgan fingerprint density at radius 1 is 1.08 bits per heavy atom. The lowest BCUT2D eigenvalue weighted by Gasteiger charge is -2.27. The molecule has 0 aliphatic carbocycles. The van der Waals surface area contributed by atoms with Gasteiger partial charge >= 0.3 is 0 Å². The second kappa shape index (κ2) is 7.25. The van der Waals surface area contributed by atoms with Crippen molar-refractivity contribution in [2.45, 2.75) is 13.0 Å². The van der Waals surface area contributed by atoms with E-state index in [4.69, 9.17) is 9.47 Å². The maximum atomic E-state index is 12.7. The van der Waals surface area contributed by atoms with E-state index in [1.54, 1.807) is 0 Å². The van der Waals surface area contributed by atoms with Gasteiger partial charge in [-0.1, -0.05) is 18.2 Å². The Labute approximate surface area is 147 Å². The fourth-order valence-corrected chi connectivity index (χ4v) is 3.30. The molecular formula is C20H22N2O3. The minimum Gasteiger partial charge on any atom is -0.493 e. The average molecular weight is 338 g/mol. The average Bonchev–Trinajstić information content (AvgIpc) is 3.12. The van der Waals surface area contributed by atoms with Crippen molar-refractivity contribution in [2.75, 3.05) is 38.2 Å². The van der Waals surface area contributed by atoms with Crippen molar-refractivity contribution >= 4 is 11.6 Å². The molecule has 0 spiro atoms. The molecule has 1 saturated heterocycles. The van der Waals surface area contributed by atoms with Crippen LogP contribution >= 0.6 is 0 Å². The van der Waals surface area contributed by atoms with E-state index in [0.29, 0.717) is 12.2 Å². The summed E-state index contributed by atoms with van der Waals surface area (Å²) < 4.78 is 10.9. The smallest absolute Gasteiger partial charge is 0.255 e. The fraction of sp³-hybridized carbons (Fsp3) is 0.350. The summed E-state index contributed by atoms with van der Waals surface area (Å²) >= 11 is 0. The normalized spacial score (nSPS) is 17.0. The first-order chi connectivity index (χ1) is 12.3. The first-order valence-corrected chi connectivity index (χ1v) is 8.75. The highest BCUT2D eigenvalue weighted by atomic mass is 16.5. The van der Waals surface area contributed by atoms with Crippen LogP contribution in [0.2, 0.25) is 0 Å². The van der Waals surface area contributed by atoms with Crippen LogP contribution < -0.4 is 10.1 Å². The molecule has 1 amide bonds. The Morgan fingerprint density at radius 2 is 1.92 bits per heavy atom. The SMILES string of the molecule is O=C(Nc1ccccc1CN1CCOCC1)c1ccc2c(c1)CCO2. The van der Waals surface area contributed by atoms with Crippen LogP contribution in [0.15, 0.2) is 42.5 Å². The van der Waals surface area contributed by atoms with E-state index in [2.05, 4.69) is 16.3 Å². The number of fused-ring (bicyclic) bond motifs is 1. The van der Waals surface area contributed by atoms with Gasteiger partial charge in [0.2, 0.25) is 0 Å². The molecule has 2 heterocycles. The Kier molecular flexibility index (Phi) is 4.68. The molecule has 0 radical (unpaired) electrons. The summed E-state index contributed by atoms with van der Waals surface area (Å²) in [6.07, 6.45) is 0.865. The van der Waals surface area contributed by atoms with E-state index >= 15 is 0 Å². The van der Waals surface area contributed by atoms with E-state index in [9.17, 15) is 4.79 Å². The van der Waals surface area contributed by atoms with Crippen molar-refractivity contribution in [1.29, 1.82) is 0 Å². The lowest BCUT2D eigenvalue weighted by Crippen LogP contribution is -2.35. The topological polar surface area (TPSA) is 50.8 Å². The van der Waals surface area contributed by atoms with E-state index in [1.807, 2.05) is 36.4 Å². The lowest BCUT2D eigenvalue weighted by atomic mass is 10.1. The third kappa shape index (κ3) is 3.67. The molecule has 5 heteroatoms. The van der Waals surface area contributed by atoms with Gasteiger partial charge < -0.3 is 14.8 Å². The molecule has 1 fully saturated rings. The van der Waals surface area contributed by atoms with Gasteiger partial charge in [0.05, 0.1) is 19.8 Å². The summed E-state index contributed by atoms with van der Waals surface area (Å²) in [5, 5.41) is 3.07. The number of carbonyl (C=O) groups is 1. The molecule has 130 valence electrons. The number of hydrogen-bond acceptors (Lipinski definition) is 4. The van der Waals surface area contributed by atoms with Crippen molar-refractivity contribution in [3.05, 3.63) is 59.2 Å². The largest absolute Gasteiger partial charge is 0.493 e. The molecule has 2 aromatic carbocycles. The van der Waals surface area contributed by atoms with Gasteiger partial charge in [0.25, 0.3) is 5.91 Å². The van der Waals surface area contributed by atoms with Crippen molar-refractivity contribution in [3.8, 4) is 5.75 Å². The van der Waals surface area contributed by atoms with Gasteiger partial charge in [-0.3, -0.25) is 9.69 Å². The molecule has 0 unspecified atom stereocenters. The van der Waals surface area contributed by atoms with Crippen LogP contribution in [0.25, 0.3) is 0 Å². The Bertz CT molecular complexity index is 769. The monoisotopic (exact) mass is 338 g/mol. The van der Waals surface area contributed by atoms with Crippen LogP contribution in [0.5, 0.6) is 5.75 Å². The number of morpholine rings is 1. The number of amides is 1. The second-order valence-corrected chi connectivity index (χ2v) is 6.42. The number of rotatable bonds is 4. The standard InChI is InChI=1S/C20H22N2O3/c23-20(16-5-6-19-15(13-16)7-10-25-19)21-18-4-2-1-3-17(18)14-22-8-11-24-12-9-22/h1-6,13H,7-12,14H2,(H,21,23). The molecular weight excluding hydrogens is 316 g/mol. The predicted molar refractivity (Wildman–Crippen MR) is 96.1 cm³/mol. The van der Waals surface area contributed by atoms with Crippen LogP contribution in [0.4, 0.5) is 5.69 Å². The molecule has 0 bridgehead atoms. The quantitative estimate of drug-likeness (QED) is 0.931. The van der Waals surface area contributed by atoms with Gasteiger partial charge in [-0.05, 0) is 35.4 Å². The molecule has 25 heavy (non-hydrogen) atoms. The Hall–Kier alpha value is -2.37. The number of para-hydroxylation sites is 1. The van der Waals surface area contributed by atoms with Crippen LogP contribution in [0.1, 0.15) is 21.5 Å². The number of carbonyl (C=O) groups excluding carboxylic acids is 1. The highest BCUT2D eigenvalue weighted by Crippen LogP contribution is 2.26. The number of anilines is 1. The summed E-state index contributed by atoms with van der Waals surface area (Å²) in [4.78, 5) is 15.0. The first-order valence-electron chi connectivity index (χ1n) is 8.75. The van der Waals surface area contributed by atoms with Crippen LogP contribution in [0, 0.1) is 0 Å². The number of nitrogens with zero attached hydrogens (tertiary/aromatic N) is 1. The van der Waals surface area contributed by atoms with Crippen molar-refractivity contribution in [2.24, 2.45) is 0 Å². The number of hydrogen-bond donors (Lipinski definition) is 1. The minimum atomic E-state index is -0.0795. The molecule has 0 aromatic heterocycles. The third-order valence-electron chi connectivity index (χ3n) is 4.71. The van der Waals surface area contributed by atoms with Crippen molar-refractivity contribution in [3.63, 3.8) is 0 Å². The molecule has 2 aliphatic rings. The zero-order valence-corrected chi connectivity index (χ0v) is 14.2. The van der Waals surface area contributed by atoms with Gasteiger partial charge in [-0.2, -0.15) is 0 Å². The van der Waals surface area contributed by atoms with E-state index in [1.165, 1.54) is 0 Å². The van der Waals surface area contributed by atoms with Crippen LogP contribution in [-0.4, -0.2) is 43.7 Å². The van der Waals surface area contributed by atoms with E-state index < -0.39 is 0 Å². The zero-order valence-electron chi connectivity index (χ0n) is 14.2. The second-order valence-electron chi connectivity index (χ2n) is 6.42. The number of nitrogens with one attached hydrogen (secondary N) is 1. The molecule has 0 saturated carbocycles. The van der Waals surface area contributed by atoms with Gasteiger partial charge in [0.1, 0.15) is 5.75 Å². The van der Waals surface area contributed by atoms with Crippen molar-refractivity contribution < 1.29 is 14.3 Å². The lowest BCUT2D eigenvalue weighted by molar-refractivity contribution is 0.0342. The zero-order chi connectivity index (χ0) is 17.1. The minimum absolute atomic E-state index is 0.0795. The van der Waals surface area contributed by atoms with E-state index in [0.717, 1.165) is 61.8 Å². The van der Waals surface area contributed by atoms with Gasteiger partial charge in [0.15, 0.2) is 0 Å². The molecule has 5 nitrogen and oxygen atoms in total. The summed E-state index contributed by atoms with van der Waals surface area (Å²) in [5.41, 5.74) is 3.78. The highest BCUT2D eigenvalue weighted by molar-refractivity contribution is 6.04. The first kappa shape index (κ1) is 16.1. The van der Waals surface area contributed by atoms with Gasteiger partial charge in [-0.15, -0.1) is 0 Å². The molecule has 2 aromatic rings. The Balaban J connectivity index is 1.49. The van der Waals surface area contributed by atoms with Gasteiger partial charge in [-0.25, -0.2) is 0 Å². The van der Waals surface area contributed by atoms with Crippen molar-refractivity contribution in [1.82, 2.24) is 4.90 Å². The van der Waals surface area contributed by atoms with E-state index in [-0.39, 0.29) is 5.91 Å². The number of ether oxygens (including phenoxy) is 2. The highest BCUT2D eigenvalue weighted by Gasteiger charge is 2.17. The van der Waals surface area contributed by atoms with Gasteiger partial charge in [0, 0.05) is 37.3 Å². The summed E-state index contributed by atoms with van der Waals surface area (Å²) in [5.74, 6) is 0.813. The molecule has 0 atom stereocenters. The Morgan fingerprint density at radius 3 is 2.80 bits per heavy atom. The summed E-state index contributed by atoms with van der Waals surface area (Å²) in [6.45, 7) is 4.90. The molecule has 1 N–H and O–H groups in total. The number of benzene rings is 2. The molecule has 2 aliphatic heterocycles. The predicted octanol–water partition coefficient (Wildman–Crippen LogP) is 2.71. The fourth-order valence-electron chi connectivity index (χ4n) is 3.30. The maximum absolute atomic E-state index is 12.7.